The molecule has 0 fully saturated rings. The van der Waals surface area contributed by atoms with E-state index in [0.717, 1.165) is 22.7 Å². The Labute approximate surface area is 63.4 Å². The van der Waals surface area contributed by atoms with E-state index in [1.807, 2.05) is 19.0 Å². The Morgan fingerprint density at radius 3 is 2.18 bits per heavy atom. The Balaban J connectivity index is 2.33. The van der Waals surface area contributed by atoms with Crippen LogP contribution in [-0.2, 0) is 0 Å². The van der Waals surface area contributed by atoms with Crippen LogP contribution in [0.5, 0.6) is 11.5 Å². The Morgan fingerprint density at radius 2 is 1.64 bits per heavy atom. The first-order valence-electron chi connectivity index (χ1n) is 3.53. The third-order valence-electron chi connectivity index (χ3n) is 1.83. The van der Waals surface area contributed by atoms with Crippen molar-refractivity contribution in [1.29, 1.82) is 0 Å². The minimum Gasteiger partial charge on any atom is -0.521 e. The lowest BCUT2D eigenvalue weighted by Gasteiger charge is -1.95. The molecule has 3 heterocycles. The zero-order valence-corrected chi connectivity index (χ0v) is 5.96. The van der Waals surface area contributed by atoms with Crippen molar-refractivity contribution in [2.75, 3.05) is 0 Å². The minimum absolute atomic E-state index is 0.172. The summed E-state index contributed by atoms with van der Waals surface area (Å²) < 4.78 is 16.0. The van der Waals surface area contributed by atoms with Crippen molar-refractivity contribution in [2.24, 2.45) is 0 Å². The molecule has 2 aromatic heterocycles. The summed E-state index contributed by atoms with van der Waals surface area (Å²) in [6.07, 6.45) is 0. The van der Waals surface area contributed by atoms with Crippen LogP contribution in [0.3, 0.4) is 0 Å². The van der Waals surface area contributed by atoms with Gasteiger partial charge >= 0.3 is 7.12 Å². The zero-order chi connectivity index (χ0) is 7.42. The van der Waals surface area contributed by atoms with Crippen LogP contribution in [0, 0.1) is 0 Å². The predicted molar refractivity (Wildman–Crippen MR) is 40.3 cm³/mol. The van der Waals surface area contributed by atoms with Gasteiger partial charge in [-0.2, -0.15) is 0 Å². The van der Waals surface area contributed by atoms with Gasteiger partial charge in [0.05, 0.1) is 0 Å². The van der Waals surface area contributed by atoms with E-state index in [2.05, 4.69) is 0 Å². The SMILES string of the molecule is CB1Oc2c(c3ccc2o3)O1. The normalized spacial score (nSPS) is 15.2. The lowest BCUT2D eigenvalue weighted by Crippen LogP contribution is -2.18. The van der Waals surface area contributed by atoms with Crippen molar-refractivity contribution < 1.29 is 13.7 Å². The summed E-state index contributed by atoms with van der Waals surface area (Å²) in [4.78, 5) is 0. The molecule has 3 nitrogen and oxygen atoms in total. The molecule has 0 spiro atoms. The van der Waals surface area contributed by atoms with E-state index in [9.17, 15) is 0 Å². The van der Waals surface area contributed by atoms with Gasteiger partial charge in [-0.1, -0.05) is 0 Å². The second-order valence-electron chi connectivity index (χ2n) is 2.63. The molecule has 0 aromatic carbocycles. The van der Waals surface area contributed by atoms with Crippen LogP contribution in [0.15, 0.2) is 16.5 Å². The molecule has 3 rings (SSSR count). The van der Waals surface area contributed by atoms with E-state index in [4.69, 9.17) is 13.7 Å². The summed E-state index contributed by atoms with van der Waals surface area (Å²) in [5.74, 6) is 1.52. The maximum Gasteiger partial charge on any atom is 0.591 e. The fourth-order valence-corrected chi connectivity index (χ4v) is 1.38. The minimum atomic E-state index is -0.172. The fraction of sp³-hybridized carbons (Fsp3) is 0.143. The number of rotatable bonds is 0. The molecule has 54 valence electrons. The average Bonchev–Trinajstić information content (AvgIpc) is 2.53. The van der Waals surface area contributed by atoms with E-state index < -0.39 is 0 Å². The molecule has 2 aromatic rings. The number of hydrogen-bond acceptors (Lipinski definition) is 3. The highest BCUT2D eigenvalue weighted by Crippen LogP contribution is 2.45. The monoisotopic (exact) mass is 148 g/mol. The van der Waals surface area contributed by atoms with Crippen molar-refractivity contribution in [3.05, 3.63) is 12.1 Å². The summed E-state index contributed by atoms with van der Waals surface area (Å²) in [5, 5.41) is 0. The molecule has 0 aliphatic carbocycles. The average molecular weight is 148 g/mol. The maximum atomic E-state index is 5.34. The molecule has 0 radical (unpaired) electrons. The van der Waals surface area contributed by atoms with E-state index in [1.165, 1.54) is 0 Å². The highest BCUT2D eigenvalue weighted by molar-refractivity contribution is 6.46. The molecule has 0 amide bonds. The van der Waals surface area contributed by atoms with Gasteiger partial charge in [-0.15, -0.1) is 0 Å². The number of benzene rings is 1. The van der Waals surface area contributed by atoms with Gasteiger partial charge in [-0.25, -0.2) is 0 Å². The first-order valence-corrected chi connectivity index (χ1v) is 3.53. The molecule has 0 unspecified atom stereocenters. The van der Waals surface area contributed by atoms with Gasteiger partial charge in [0.1, 0.15) is 0 Å². The lowest BCUT2D eigenvalue weighted by atomic mass is 9.97. The van der Waals surface area contributed by atoms with Gasteiger partial charge in [0.25, 0.3) is 0 Å². The van der Waals surface area contributed by atoms with Crippen LogP contribution < -0.4 is 9.31 Å². The predicted octanol–water partition coefficient (Wildman–Crippen LogP) is 1.76. The van der Waals surface area contributed by atoms with Crippen LogP contribution in [-0.4, -0.2) is 7.12 Å². The molecular weight excluding hydrogens is 143 g/mol. The largest absolute Gasteiger partial charge is 0.591 e. The summed E-state index contributed by atoms with van der Waals surface area (Å²) in [5.41, 5.74) is 1.55. The highest BCUT2D eigenvalue weighted by Gasteiger charge is 2.33. The van der Waals surface area contributed by atoms with E-state index in [1.54, 1.807) is 0 Å². The van der Waals surface area contributed by atoms with Crippen LogP contribution in [0.2, 0.25) is 6.82 Å². The van der Waals surface area contributed by atoms with Crippen molar-refractivity contribution >= 4 is 18.3 Å². The van der Waals surface area contributed by atoms with Gasteiger partial charge in [0.2, 0.25) is 0 Å². The molecule has 1 aliphatic rings. The molecule has 0 saturated heterocycles. The molecule has 0 atom stereocenters. The molecule has 0 N–H and O–H groups in total. The third-order valence-corrected chi connectivity index (χ3v) is 1.83. The summed E-state index contributed by atoms with van der Waals surface area (Å²) in [7, 11) is -0.172. The van der Waals surface area contributed by atoms with E-state index in [-0.39, 0.29) is 7.12 Å². The Morgan fingerprint density at radius 1 is 1.09 bits per heavy atom. The quantitative estimate of drug-likeness (QED) is 0.533. The van der Waals surface area contributed by atoms with Crippen LogP contribution in [0.25, 0.3) is 11.2 Å². The topological polar surface area (TPSA) is 31.6 Å². The number of furan rings is 2. The maximum absolute atomic E-state index is 5.34. The van der Waals surface area contributed by atoms with Crippen molar-refractivity contribution in [2.45, 2.75) is 6.82 Å². The van der Waals surface area contributed by atoms with Gasteiger partial charge in [-0.3, -0.25) is 0 Å². The molecule has 0 saturated carbocycles. The summed E-state index contributed by atoms with van der Waals surface area (Å²) in [6.45, 7) is 1.86. The molecule has 1 aliphatic heterocycles. The van der Waals surface area contributed by atoms with Crippen LogP contribution >= 0.6 is 0 Å². The highest BCUT2D eigenvalue weighted by atomic mass is 16.6. The second kappa shape index (κ2) is 1.47. The van der Waals surface area contributed by atoms with Crippen LogP contribution in [0.1, 0.15) is 0 Å². The van der Waals surface area contributed by atoms with Crippen LogP contribution in [0.4, 0.5) is 0 Å². The van der Waals surface area contributed by atoms with Gasteiger partial charge < -0.3 is 13.7 Å². The van der Waals surface area contributed by atoms with Crippen molar-refractivity contribution in [3.63, 3.8) is 0 Å². The fourth-order valence-electron chi connectivity index (χ4n) is 1.38. The Kier molecular flexibility index (Phi) is 0.715. The lowest BCUT2D eigenvalue weighted by molar-refractivity contribution is 0.496. The van der Waals surface area contributed by atoms with Crippen molar-refractivity contribution in [1.82, 2.24) is 0 Å². The molecule has 2 bridgehead atoms. The summed E-state index contributed by atoms with van der Waals surface area (Å²) in [6, 6.07) is 3.77. The van der Waals surface area contributed by atoms with Gasteiger partial charge in [0.15, 0.2) is 22.7 Å². The number of hydrogen-bond donors (Lipinski definition) is 0. The van der Waals surface area contributed by atoms with Gasteiger partial charge in [-0.05, 0) is 19.0 Å². The second-order valence-corrected chi connectivity index (χ2v) is 2.63. The molecule has 11 heavy (non-hydrogen) atoms. The van der Waals surface area contributed by atoms with Crippen molar-refractivity contribution in [3.8, 4) is 11.5 Å². The summed E-state index contributed by atoms with van der Waals surface area (Å²) >= 11 is 0. The first kappa shape index (κ1) is 5.35. The Hall–Kier alpha value is -1.32. The van der Waals surface area contributed by atoms with E-state index >= 15 is 0 Å². The third kappa shape index (κ3) is 0.506. The smallest absolute Gasteiger partial charge is 0.521 e. The zero-order valence-electron chi connectivity index (χ0n) is 5.96. The molecular formula is C7H5BO3. The standard InChI is InChI=1S/C7H5BO3/c1-8-10-6-4-2-3-5(9-4)7(6)11-8/h2-3H,1H3. The Bertz CT molecular complexity index is 360. The first-order chi connectivity index (χ1) is 5.34. The molecule has 4 heteroatoms. The van der Waals surface area contributed by atoms with E-state index in [0.29, 0.717) is 0 Å². The van der Waals surface area contributed by atoms with Gasteiger partial charge in [0, 0.05) is 0 Å². The number of fused-ring (bicyclic) bond motifs is 5.